The Morgan fingerprint density at radius 1 is 1.31 bits per heavy atom. The highest BCUT2D eigenvalue weighted by Gasteiger charge is 2.22. The minimum Gasteiger partial charge on any atom is -0.434 e. The molecule has 144 valence electrons. The molecule has 0 unspecified atom stereocenters. The second-order valence-electron chi connectivity index (χ2n) is 6.05. The first-order valence-corrected chi connectivity index (χ1v) is 8.92. The Labute approximate surface area is 152 Å². The van der Waals surface area contributed by atoms with E-state index in [0.29, 0.717) is 43.5 Å². The third-order valence-corrected chi connectivity index (χ3v) is 3.76. The molecule has 0 aromatic heterocycles. The maximum Gasteiger partial charge on any atom is 0.387 e. The van der Waals surface area contributed by atoms with Gasteiger partial charge in [0.15, 0.2) is 5.96 Å². The Morgan fingerprint density at radius 2 is 2.08 bits per heavy atom. The van der Waals surface area contributed by atoms with Crippen LogP contribution in [0.3, 0.4) is 0 Å². The Balaban J connectivity index is 1.81. The van der Waals surface area contributed by atoms with E-state index in [1.54, 1.807) is 18.2 Å². The Kier molecular flexibility index (Phi) is 8.11. The van der Waals surface area contributed by atoms with Gasteiger partial charge in [-0.2, -0.15) is 8.78 Å². The Morgan fingerprint density at radius 3 is 2.77 bits per heavy atom. The van der Waals surface area contributed by atoms with Crippen molar-refractivity contribution in [2.45, 2.75) is 51.8 Å². The molecule has 26 heavy (non-hydrogen) atoms. The zero-order valence-electron chi connectivity index (χ0n) is 14.9. The summed E-state index contributed by atoms with van der Waals surface area (Å²) in [5, 5.41) is 9.19. The predicted octanol–water partition coefficient (Wildman–Crippen LogP) is 2.40. The molecule has 6 nitrogen and oxygen atoms in total. The molecule has 0 saturated heterocycles. The number of rotatable bonds is 10. The lowest BCUT2D eigenvalue weighted by Crippen LogP contribution is -2.38. The van der Waals surface area contributed by atoms with Gasteiger partial charge in [-0.05, 0) is 32.3 Å². The Bertz CT molecular complexity index is 607. The van der Waals surface area contributed by atoms with E-state index in [1.807, 2.05) is 6.92 Å². The fourth-order valence-corrected chi connectivity index (χ4v) is 2.33. The molecule has 1 fully saturated rings. The Hall–Kier alpha value is -2.38. The van der Waals surface area contributed by atoms with Crippen LogP contribution in [-0.2, 0) is 11.3 Å². The molecule has 0 spiro atoms. The topological polar surface area (TPSA) is 74.8 Å². The highest BCUT2D eigenvalue weighted by Crippen LogP contribution is 2.21. The van der Waals surface area contributed by atoms with Gasteiger partial charge in [0.25, 0.3) is 0 Å². The number of carbonyl (C=O) groups excluding carboxylic acids is 1. The van der Waals surface area contributed by atoms with E-state index in [0.717, 1.165) is 12.8 Å². The molecular formula is C18H26F2N4O2. The van der Waals surface area contributed by atoms with Crippen LogP contribution in [0.15, 0.2) is 29.3 Å². The minimum atomic E-state index is -2.87. The van der Waals surface area contributed by atoms with E-state index in [1.165, 1.54) is 6.07 Å². The number of nitrogens with zero attached hydrogens (tertiary/aromatic N) is 1. The monoisotopic (exact) mass is 368 g/mol. The third kappa shape index (κ3) is 7.67. The molecule has 0 aliphatic heterocycles. The van der Waals surface area contributed by atoms with Gasteiger partial charge in [-0.25, -0.2) is 4.99 Å². The minimum absolute atomic E-state index is 0.0781. The summed E-state index contributed by atoms with van der Waals surface area (Å²) >= 11 is 0. The van der Waals surface area contributed by atoms with Crippen molar-refractivity contribution in [3.8, 4) is 5.75 Å². The second kappa shape index (κ2) is 10.6. The van der Waals surface area contributed by atoms with Crippen LogP contribution >= 0.6 is 0 Å². The van der Waals surface area contributed by atoms with Crippen LogP contribution in [0, 0.1) is 0 Å². The zero-order valence-corrected chi connectivity index (χ0v) is 14.9. The van der Waals surface area contributed by atoms with E-state index in [9.17, 15) is 13.6 Å². The average molecular weight is 368 g/mol. The highest BCUT2D eigenvalue weighted by molar-refractivity contribution is 5.80. The molecule has 1 aliphatic carbocycles. The van der Waals surface area contributed by atoms with Crippen LogP contribution in [0.5, 0.6) is 5.75 Å². The zero-order chi connectivity index (χ0) is 18.8. The molecule has 2 rings (SSSR count). The quantitative estimate of drug-likeness (QED) is 0.337. The molecule has 1 saturated carbocycles. The first kappa shape index (κ1) is 19.9. The van der Waals surface area contributed by atoms with Crippen LogP contribution in [0.2, 0.25) is 0 Å². The highest BCUT2D eigenvalue weighted by atomic mass is 19.3. The molecule has 0 radical (unpaired) electrons. The summed E-state index contributed by atoms with van der Waals surface area (Å²) in [5.41, 5.74) is 0.578. The van der Waals surface area contributed by atoms with Crippen LogP contribution < -0.4 is 20.7 Å². The number of nitrogens with one attached hydrogen (secondary N) is 3. The normalized spacial score (nSPS) is 14.2. The smallest absolute Gasteiger partial charge is 0.387 e. The lowest BCUT2D eigenvalue weighted by atomic mass is 10.2. The molecule has 1 amide bonds. The van der Waals surface area contributed by atoms with Gasteiger partial charge in [0.05, 0.1) is 6.54 Å². The van der Waals surface area contributed by atoms with Gasteiger partial charge in [-0.15, -0.1) is 0 Å². The van der Waals surface area contributed by atoms with Crippen LogP contribution in [-0.4, -0.2) is 37.6 Å². The van der Waals surface area contributed by atoms with Crippen LogP contribution in [0.25, 0.3) is 0 Å². The van der Waals surface area contributed by atoms with Gasteiger partial charge < -0.3 is 20.7 Å². The van der Waals surface area contributed by atoms with Crippen molar-refractivity contribution in [2.24, 2.45) is 4.99 Å². The fraction of sp³-hybridized carbons (Fsp3) is 0.556. The molecule has 1 aromatic carbocycles. The maximum absolute atomic E-state index is 12.5. The summed E-state index contributed by atoms with van der Waals surface area (Å²) < 4.78 is 29.4. The molecule has 8 heteroatoms. The van der Waals surface area contributed by atoms with E-state index in [-0.39, 0.29) is 18.2 Å². The fourth-order valence-electron chi connectivity index (χ4n) is 2.33. The van der Waals surface area contributed by atoms with E-state index in [2.05, 4.69) is 25.7 Å². The van der Waals surface area contributed by atoms with Crippen molar-refractivity contribution >= 4 is 11.9 Å². The van der Waals surface area contributed by atoms with Gasteiger partial charge in [0.1, 0.15) is 5.75 Å². The van der Waals surface area contributed by atoms with E-state index in [4.69, 9.17) is 0 Å². The lowest BCUT2D eigenvalue weighted by Gasteiger charge is -2.12. The number of para-hydroxylation sites is 1. The molecular weight excluding hydrogens is 342 g/mol. The van der Waals surface area contributed by atoms with Crippen molar-refractivity contribution in [1.29, 1.82) is 0 Å². The first-order chi connectivity index (χ1) is 12.6. The number of benzene rings is 1. The molecule has 0 heterocycles. The van der Waals surface area contributed by atoms with Crippen molar-refractivity contribution in [1.82, 2.24) is 16.0 Å². The summed E-state index contributed by atoms with van der Waals surface area (Å²) in [5.74, 6) is 0.773. The predicted molar refractivity (Wildman–Crippen MR) is 96.3 cm³/mol. The number of amides is 1. The van der Waals surface area contributed by atoms with Gasteiger partial charge in [0.2, 0.25) is 5.91 Å². The first-order valence-electron chi connectivity index (χ1n) is 8.92. The van der Waals surface area contributed by atoms with Gasteiger partial charge >= 0.3 is 6.61 Å². The van der Waals surface area contributed by atoms with Crippen molar-refractivity contribution in [2.75, 3.05) is 13.1 Å². The van der Waals surface area contributed by atoms with E-state index >= 15 is 0 Å². The van der Waals surface area contributed by atoms with E-state index < -0.39 is 6.61 Å². The van der Waals surface area contributed by atoms with Gasteiger partial charge in [0, 0.05) is 31.1 Å². The number of hydrogen-bond donors (Lipinski definition) is 3. The third-order valence-electron chi connectivity index (χ3n) is 3.76. The standard InChI is InChI=1S/C18H26F2N4O2/c1-2-21-18(22-11-5-8-16(25)24-14-9-10-14)23-12-13-6-3-4-7-15(13)26-17(19)20/h3-4,6-7,14,17H,2,5,8-12H2,1H3,(H,24,25)(H2,21,22,23). The number of alkyl halides is 2. The molecule has 0 atom stereocenters. The van der Waals surface area contributed by atoms with Crippen molar-refractivity contribution in [3.63, 3.8) is 0 Å². The number of aliphatic imine (C=N–C) groups is 1. The lowest BCUT2D eigenvalue weighted by molar-refractivity contribution is -0.121. The number of guanidine groups is 1. The van der Waals surface area contributed by atoms with Gasteiger partial charge in [-0.3, -0.25) is 4.79 Å². The molecule has 1 aromatic rings. The average Bonchev–Trinajstić information content (AvgIpc) is 3.41. The molecule has 1 aliphatic rings. The largest absolute Gasteiger partial charge is 0.434 e. The second-order valence-corrected chi connectivity index (χ2v) is 6.05. The number of carbonyl (C=O) groups is 1. The number of ether oxygens (including phenoxy) is 1. The van der Waals surface area contributed by atoms with Crippen molar-refractivity contribution < 1.29 is 18.3 Å². The summed E-state index contributed by atoms with van der Waals surface area (Å²) in [7, 11) is 0. The maximum atomic E-state index is 12.5. The van der Waals surface area contributed by atoms with Crippen LogP contribution in [0.1, 0.15) is 38.2 Å². The molecule has 0 bridgehead atoms. The van der Waals surface area contributed by atoms with Crippen LogP contribution in [0.4, 0.5) is 8.78 Å². The number of halogens is 2. The number of hydrogen-bond acceptors (Lipinski definition) is 3. The SMILES string of the molecule is CCNC(=NCc1ccccc1OC(F)F)NCCCC(=O)NC1CC1. The van der Waals surface area contributed by atoms with Crippen molar-refractivity contribution in [3.05, 3.63) is 29.8 Å². The summed E-state index contributed by atoms with van der Waals surface area (Å²) in [6.07, 6.45) is 3.32. The van der Waals surface area contributed by atoms with Gasteiger partial charge in [-0.1, -0.05) is 18.2 Å². The summed E-state index contributed by atoms with van der Waals surface area (Å²) in [6, 6.07) is 6.97. The summed E-state index contributed by atoms with van der Waals surface area (Å²) in [4.78, 5) is 16.0. The molecule has 3 N–H and O–H groups in total. The summed E-state index contributed by atoms with van der Waals surface area (Å²) in [6.45, 7) is 0.546.